The Kier molecular flexibility index (Phi) is 5.25. The number of rotatable bonds is 6. The average Bonchev–Trinajstić information content (AvgIpc) is 2.49. The second-order valence-electron chi connectivity index (χ2n) is 4.68. The fraction of sp³-hybridized carbons (Fsp3) is 0.250. The lowest BCUT2D eigenvalue weighted by molar-refractivity contribution is 0.339. The SMILES string of the molecule is CCOc1cccc(C(Cc2ccc(F)c(F)c2)NN)c1. The lowest BCUT2D eigenvalue weighted by Crippen LogP contribution is -2.29. The molecule has 0 saturated carbocycles. The third-order valence-corrected chi connectivity index (χ3v) is 3.20. The van der Waals surface area contributed by atoms with Crippen molar-refractivity contribution in [3.63, 3.8) is 0 Å². The van der Waals surface area contributed by atoms with E-state index < -0.39 is 11.6 Å². The highest BCUT2D eigenvalue weighted by molar-refractivity contribution is 5.32. The van der Waals surface area contributed by atoms with Gasteiger partial charge in [0.1, 0.15) is 5.75 Å². The summed E-state index contributed by atoms with van der Waals surface area (Å²) < 4.78 is 31.6. The lowest BCUT2D eigenvalue weighted by Gasteiger charge is -2.17. The van der Waals surface area contributed by atoms with E-state index in [2.05, 4.69) is 5.43 Å². The van der Waals surface area contributed by atoms with Crippen LogP contribution in [0.15, 0.2) is 42.5 Å². The minimum absolute atomic E-state index is 0.213. The monoisotopic (exact) mass is 292 g/mol. The van der Waals surface area contributed by atoms with Crippen LogP contribution in [0.4, 0.5) is 8.78 Å². The zero-order chi connectivity index (χ0) is 15.2. The van der Waals surface area contributed by atoms with Crippen LogP contribution < -0.4 is 16.0 Å². The molecule has 2 aromatic carbocycles. The standard InChI is InChI=1S/C16H18F2N2O/c1-2-21-13-5-3-4-12(10-13)16(20-19)9-11-6-7-14(17)15(18)8-11/h3-8,10,16,20H,2,9,19H2,1H3. The molecule has 5 heteroatoms. The summed E-state index contributed by atoms with van der Waals surface area (Å²) in [5.74, 6) is 4.63. The van der Waals surface area contributed by atoms with Crippen molar-refractivity contribution in [2.24, 2.45) is 5.84 Å². The quantitative estimate of drug-likeness (QED) is 0.635. The fourth-order valence-electron chi connectivity index (χ4n) is 2.16. The number of benzene rings is 2. The molecule has 0 aromatic heterocycles. The van der Waals surface area contributed by atoms with E-state index in [0.717, 1.165) is 17.4 Å². The molecular weight excluding hydrogens is 274 g/mol. The van der Waals surface area contributed by atoms with Crippen LogP contribution in [0.25, 0.3) is 0 Å². The first-order valence-corrected chi connectivity index (χ1v) is 6.77. The predicted molar refractivity (Wildman–Crippen MR) is 77.7 cm³/mol. The van der Waals surface area contributed by atoms with E-state index in [9.17, 15) is 8.78 Å². The number of nitrogens with one attached hydrogen (secondary N) is 1. The molecule has 0 bridgehead atoms. The number of hydrogen-bond donors (Lipinski definition) is 2. The molecule has 2 aromatic rings. The summed E-state index contributed by atoms with van der Waals surface area (Å²) in [5, 5.41) is 0. The summed E-state index contributed by atoms with van der Waals surface area (Å²) in [6, 6.07) is 11.2. The Bertz CT molecular complexity index is 605. The van der Waals surface area contributed by atoms with Gasteiger partial charge in [0, 0.05) is 0 Å². The van der Waals surface area contributed by atoms with E-state index in [0.29, 0.717) is 18.6 Å². The zero-order valence-corrected chi connectivity index (χ0v) is 11.8. The number of ether oxygens (including phenoxy) is 1. The van der Waals surface area contributed by atoms with Crippen LogP contribution >= 0.6 is 0 Å². The first kappa shape index (κ1) is 15.4. The van der Waals surface area contributed by atoms with Crippen LogP contribution in [0, 0.1) is 11.6 Å². The maximum absolute atomic E-state index is 13.3. The highest BCUT2D eigenvalue weighted by atomic mass is 19.2. The second-order valence-corrected chi connectivity index (χ2v) is 4.68. The Morgan fingerprint density at radius 1 is 1.14 bits per heavy atom. The molecule has 0 spiro atoms. The Morgan fingerprint density at radius 2 is 1.95 bits per heavy atom. The van der Waals surface area contributed by atoms with Gasteiger partial charge in [-0.05, 0) is 48.7 Å². The van der Waals surface area contributed by atoms with Crippen molar-refractivity contribution >= 4 is 0 Å². The number of halogens is 2. The van der Waals surface area contributed by atoms with E-state index in [4.69, 9.17) is 10.6 Å². The minimum Gasteiger partial charge on any atom is -0.494 e. The summed E-state index contributed by atoms with van der Waals surface area (Å²) >= 11 is 0. The number of hydrazine groups is 1. The van der Waals surface area contributed by atoms with Crippen molar-refractivity contribution in [2.75, 3.05) is 6.61 Å². The van der Waals surface area contributed by atoms with Crippen LogP contribution in [0.5, 0.6) is 5.75 Å². The Labute approximate surface area is 122 Å². The van der Waals surface area contributed by atoms with Crippen LogP contribution in [0.1, 0.15) is 24.1 Å². The molecule has 3 nitrogen and oxygen atoms in total. The summed E-state index contributed by atoms with van der Waals surface area (Å²) in [6.45, 7) is 2.49. The molecule has 2 rings (SSSR count). The van der Waals surface area contributed by atoms with Crippen molar-refractivity contribution < 1.29 is 13.5 Å². The fourth-order valence-corrected chi connectivity index (χ4v) is 2.16. The molecule has 1 atom stereocenters. The van der Waals surface area contributed by atoms with Crippen LogP contribution in [0.3, 0.4) is 0 Å². The molecule has 0 aliphatic carbocycles. The van der Waals surface area contributed by atoms with E-state index in [-0.39, 0.29) is 6.04 Å². The molecule has 0 aliphatic rings. The molecule has 0 saturated heterocycles. The second kappa shape index (κ2) is 7.15. The number of hydrogen-bond acceptors (Lipinski definition) is 3. The maximum atomic E-state index is 13.3. The minimum atomic E-state index is -0.855. The molecule has 0 radical (unpaired) electrons. The van der Waals surface area contributed by atoms with Gasteiger partial charge < -0.3 is 4.74 Å². The predicted octanol–water partition coefficient (Wildman–Crippen LogP) is 3.11. The van der Waals surface area contributed by atoms with E-state index in [1.807, 2.05) is 31.2 Å². The molecule has 0 heterocycles. The van der Waals surface area contributed by atoms with Crippen LogP contribution in [0.2, 0.25) is 0 Å². The van der Waals surface area contributed by atoms with Crippen molar-refractivity contribution in [2.45, 2.75) is 19.4 Å². The maximum Gasteiger partial charge on any atom is 0.159 e. The highest BCUT2D eigenvalue weighted by Crippen LogP contribution is 2.23. The van der Waals surface area contributed by atoms with Crippen molar-refractivity contribution in [1.29, 1.82) is 0 Å². The Balaban J connectivity index is 2.19. The third kappa shape index (κ3) is 4.00. The van der Waals surface area contributed by atoms with Gasteiger partial charge in [-0.3, -0.25) is 11.3 Å². The molecule has 3 N–H and O–H groups in total. The first-order chi connectivity index (χ1) is 10.1. The molecule has 1 unspecified atom stereocenters. The first-order valence-electron chi connectivity index (χ1n) is 6.77. The Hall–Kier alpha value is -1.98. The Morgan fingerprint density at radius 3 is 2.62 bits per heavy atom. The smallest absolute Gasteiger partial charge is 0.159 e. The van der Waals surface area contributed by atoms with Gasteiger partial charge in [0.15, 0.2) is 11.6 Å². The molecule has 0 amide bonds. The van der Waals surface area contributed by atoms with Crippen molar-refractivity contribution in [3.05, 3.63) is 65.2 Å². The summed E-state index contributed by atoms with van der Waals surface area (Å²) in [7, 11) is 0. The van der Waals surface area contributed by atoms with Crippen LogP contribution in [-0.2, 0) is 6.42 Å². The van der Waals surface area contributed by atoms with E-state index >= 15 is 0 Å². The normalized spacial score (nSPS) is 12.2. The van der Waals surface area contributed by atoms with Gasteiger partial charge in [-0.15, -0.1) is 0 Å². The summed E-state index contributed by atoms with van der Waals surface area (Å²) in [6.07, 6.45) is 0.448. The van der Waals surface area contributed by atoms with Gasteiger partial charge >= 0.3 is 0 Å². The van der Waals surface area contributed by atoms with Crippen molar-refractivity contribution in [1.82, 2.24) is 5.43 Å². The van der Waals surface area contributed by atoms with Gasteiger partial charge in [-0.25, -0.2) is 8.78 Å². The lowest BCUT2D eigenvalue weighted by atomic mass is 9.99. The van der Waals surface area contributed by atoms with E-state index in [1.54, 1.807) is 6.07 Å². The third-order valence-electron chi connectivity index (χ3n) is 3.20. The highest BCUT2D eigenvalue weighted by Gasteiger charge is 2.13. The zero-order valence-electron chi connectivity index (χ0n) is 11.8. The molecule has 21 heavy (non-hydrogen) atoms. The van der Waals surface area contributed by atoms with Crippen LogP contribution in [-0.4, -0.2) is 6.61 Å². The molecule has 0 aliphatic heterocycles. The topological polar surface area (TPSA) is 47.3 Å². The molecule has 0 fully saturated rings. The number of nitrogens with two attached hydrogens (primary N) is 1. The van der Waals surface area contributed by atoms with Gasteiger partial charge in [0.25, 0.3) is 0 Å². The van der Waals surface area contributed by atoms with Gasteiger partial charge in [-0.2, -0.15) is 0 Å². The largest absolute Gasteiger partial charge is 0.494 e. The summed E-state index contributed by atoms with van der Waals surface area (Å²) in [4.78, 5) is 0. The van der Waals surface area contributed by atoms with Gasteiger partial charge in [-0.1, -0.05) is 18.2 Å². The summed E-state index contributed by atoms with van der Waals surface area (Å²) in [5.41, 5.74) is 4.29. The van der Waals surface area contributed by atoms with Crippen molar-refractivity contribution in [3.8, 4) is 5.75 Å². The van der Waals surface area contributed by atoms with Gasteiger partial charge in [0.05, 0.1) is 12.6 Å². The molecule has 112 valence electrons. The van der Waals surface area contributed by atoms with E-state index in [1.165, 1.54) is 6.07 Å². The molecular formula is C16H18F2N2O. The van der Waals surface area contributed by atoms with Gasteiger partial charge in [0.2, 0.25) is 0 Å². The average molecular weight is 292 g/mol.